The quantitative estimate of drug-likeness (QED) is 0.872. The number of piperazine rings is 1. The summed E-state index contributed by atoms with van der Waals surface area (Å²) in [6.07, 6.45) is 0. The summed E-state index contributed by atoms with van der Waals surface area (Å²) in [4.78, 5) is 4.94. The predicted molar refractivity (Wildman–Crippen MR) is 76.8 cm³/mol. The lowest BCUT2D eigenvalue weighted by atomic mass is 9.92. The molecule has 1 aliphatic rings. The molecule has 3 heteroatoms. The first-order valence-electron chi connectivity index (χ1n) is 6.90. The second-order valence-corrected chi connectivity index (χ2v) is 5.34. The maximum Gasteiger partial charge on any atom is 0.0285 e. The van der Waals surface area contributed by atoms with Gasteiger partial charge in [-0.1, -0.05) is 37.3 Å². The van der Waals surface area contributed by atoms with Crippen LogP contribution in [0.1, 0.15) is 18.4 Å². The van der Waals surface area contributed by atoms with Crippen LogP contribution in [0.3, 0.4) is 0 Å². The average molecular weight is 247 g/mol. The highest BCUT2D eigenvalue weighted by atomic mass is 15.3. The summed E-state index contributed by atoms with van der Waals surface area (Å²) in [7, 11) is 2.19. The molecule has 0 aromatic heterocycles. The Labute approximate surface area is 111 Å². The van der Waals surface area contributed by atoms with Gasteiger partial charge in [-0.3, -0.25) is 4.90 Å². The van der Waals surface area contributed by atoms with E-state index in [1.165, 1.54) is 5.56 Å². The van der Waals surface area contributed by atoms with Crippen LogP contribution in [0.25, 0.3) is 0 Å². The molecule has 2 N–H and O–H groups in total. The molecule has 1 heterocycles. The minimum Gasteiger partial charge on any atom is -0.329 e. The van der Waals surface area contributed by atoms with E-state index < -0.39 is 0 Å². The highest BCUT2D eigenvalue weighted by molar-refractivity contribution is 5.20. The third-order valence-electron chi connectivity index (χ3n) is 4.15. The van der Waals surface area contributed by atoms with Gasteiger partial charge in [0.25, 0.3) is 0 Å². The van der Waals surface area contributed by atoms with Crippen LogP contribution >= 0.6 is 0 Å². The number of benzene rings is 1. The molecule has 1 aromatic carbocycles. The standard InChI is InChI=1S/C15H25N3/c1-13(14-6-4-3-5-7-14)15(12-16)18-10-8-17(2)9-11-18/h3-7,13,15H,8-12,16H2,1-2H3. The second-order valence-electron chi connectivity index (χ2n) is 5.34. The molecule has 1 saturated heterocycles. The summed E-state index contributed by atoms with van der Waals surface area (Å²) >= 11 is 0. The second kappa shape index (κ2) is 6.32. The highest BCUT2D eigenvalue weighted by Gasteiger charge is 2.26. The molecule has 100 valence electrons. The van der Waals surface area contributed by atoms with Crippen molar-refractivity contribution in [3.63, 3.8) is 0 Å². The normalized spacial score (nSPS) is 21.7. The summed E-state index contributed by atoms with van der Waals surface area (Å²) in [5.41, 5.74) is 7.42. The van der Waals surface area contributed by atoms with Crippen LogP contribution in [-0.4, -0.2) is 55.6 Å². The van der Waals surface area contributed by atoms with Crippen molar-refractivity contribution in [2.45, 2.75) is 18.9 Å². The Balaban J connectivity index is 2.04. The molecule has 1 aliphatic heterocycles. The van der Waals surface area contributed by atoms with Gasteiger partial charge in [-0.25, -0.2) is 0 Å². The molecule has 0 aliphatic carbocycles. The number of nitrogens with two attached hydrogens (primary N) is 1. The van der Waals surface area contributed by atoms with Crippen molar-refractivity contribution in [1.29, 1.82) is 0 Å². The topological polar surface area (TPSA) is 32.5 Å². The molecule has 0 saturated carbocycles. The Bertz CT molecular complexity index is 344. The van der Waals surface area contributed by atoms with Crippen molar-refractivity contribution in [2.75, 3.05) is 39.8 Å². The number of likely N-dealkylation sites (N-methyl/N-ethyl adjacent to an activating group) is 1. The van der Waals surface area contributed by atoms with E-state index in [0.717, 1.165) is 32.7 Å². The van der Waals surface area contributed by atoms with Gasteiger partial charge in [0.1, 0.15) is 0 Å². The van der Waals surface area contributed by atoms with E-state index in [1.807, 2.05) is 0 Å². The van der Waals surface area contributed by atoms with Gasteiger partial charge in [0.15, 0.2) is 0 Å². The largest absolute Gasteiger partial charge is 0.329 e. The Morgan fingerprint density at radius 2 is 1.72 bits per heavy atom. The fourth-order valence-electron chi connectivity index (χ4n) is 2.80. The first kappa shape index (κ1) is 13.5. The molecular weight excluding hydrogens is 222 g/mol. The van der Waals surface area contributed by atoms with Gasteiger partial charge in [0, 0.05) is 38.8 Å². The zero-order valence-corrected chi connectivity index (χ0v) is 11.5. The molecule has 0 amide bonds. The van der Waals surface area contributed by atoms with E-state index in [-0.39, 0.29) is 0 Å². The predicted octanol–water partition coefficient (Wildman–Crippen LogP) is 1.36. The first-order chi connectivity index (χ1) is 8.72. The van der Waals surface area contributed by atoms with Gasteiger partial charge >= 0.3 is 0 Å². The van der Waals surface area contributed by atoms with E-state index >= 15 is 0 Å². The molecular formula is C15H25N3. The monoisotopic (exact) mass is 247 g/mol. The molecule has 2 unspecified atom stereocenters. The van der Waals surface area contributed by atoms with Gasteiger partial charge in [-0.05, 0) is 18.5 Å². The maximum atomic E-state index is 6.02. The first-order valence-corrected chi connectivity index (χ1v) is 6.90. The third-order valence-corrected chi connectivity index (χ3v) is 4.15. The molecule has 0 spiro atoms. The SMILES string of the molecule is CC(c1ccccc1)C(CN)N1CCN(C)CC1. The number of nitrogens with zero attached hydrogens (tertiary/aromatic N) is 2. The van der Waals surface area contributed by atoms with Crippen LogP contribution in [0, 0.1) is 0 Å². The minimum absolute atomic E-state index is 0.459. The zero-order valence-electron chi connectivity index (χ0n) is 11.5. The summed E-state index contributed by atoms with van der Waals surface area (Å²) in [5, 5.41) is 0. The highest BCUT2D eigenvalue weighted by Crippen LogP contribution is 2.23. The molecule has 0 radical (unpaired) electrons. The van der Waals surface area contributed by atoms with Crippen LogP contribution in [0.15, 0.2) is 30.3 Å². The zero-order chi connectivity index (χ0) is 13.0. The van der Waals surface area contributed by atoms with Crippen molar-refractivity contribution >= 4 is 0 Å². The van der Waals surface area contributed by atoms with Crippen molar-refractivity contribution in [3.05, 3.63) is 35.9 Å². The number of hydrogen-bond acceptors (Lipinski definition) is 3. The van der Waals surface area contributed by atoms with E-state index in [4.69, 9.17) is 5.73 Å². The number of rotatable bonds is 4. The van der Waals surface area contributed by atoms with Crippen molar-refractivity contribution in [3.8, 4) is 0 Å². The smallest absolute Gasteiger partial charge is 0.0285 e. The van der Waals surface area contributed by atoms with Crippen LogP contribution in [0.5, 0.6) is 0 Å². The third kappa shape index (κ3) is 3.10. The Morgan fingerprint density at radius 1 is 1.11 bits per heavy atom. The molecule has 0 bridgehead atoms. The maximum absolute atomic E-state index is 6.02. The van der Waals surface area contributed by atoms with E-state index in [1.54, 1.807) is 0 Å². The lowest BCUT2D eigenvalue weighted by molar-refractivity contribution is 0.103. The van der Waals surface area contributed by atoms with E-state index in [0.29, 0.717) is 12.0 Å². The molecule has 1 aromatic rings. The lowest BCUT2D eigenvalue weighted by Crippen LogP contribution is -2.52. The molecule has 2 rings (SSSR count). The summed E-state index contributed by atoms with van der Waals surface area (Å²) in [5.74, 6) is 0.500. The Morgan fingerprint density at radius 3 is 2.28 bits per heavy atom. The fourth-order valence-corrected chi connectivity index (χ4v) is 2.80. The van der Waals surface area contributed by atoms with Crippen molar-refractivity contribution in [1.82, 2.24) is 9.80 Å². The molecule has 2 atom stereocenters. The van der Waals surface area contributed by atoms with Crippen LogP contribution in [0.4, 0.5) is 0 Å². The number of hydrogen-bond donors (Lipinski definition) is 1. The van der Waals surface area contributed by atoms with Crippen molar-refractivity contribution in [2.24, 2.45) is 5.73 Å². The molecule has 1 fully saturated rings. The summed E-state index contributed by atoms with van der Waals surface area (Å²) in [6.45, 7) is 7.60. The summed E-state index contributed by atoms with van der Waals surface area (Å²) in [6, 6.07) is 11.2. The molecule has 18 heavy (non-hydrogen) atoms. The van der Waals surface area contributed by atoms with Crippen LogP contribution in [-0.2, 0) is 0 Å². The van der Waals surface area contributed by atoms with Crippen molar-refractivity contribution < 1.29 is 0 Å². The Kier molecular flexibility index (Phi) is 4.75. The summed E-state index contributed by atoms with van der Waals surface area (Å²) < 4.78 is 0. The fraction of sp³-hybridized carbons (Fsp3) is 0.600. The van der Waals surface area contributed by atoms with E-state index in [9.17, 15) is 0 Å². The van der Waals surface area contributed by atoms with Gasteiger partial charge in [-0.2, -0.15) is 0 Å². The van der Waals surface area contributed by atoms with Gasteiger partial charge in [0.05, 0.1) is 0 Å². The Hall–Kier alpha value is -0.900. The lowest BCUT2D eigenvalue weighted by Gasteiger charge is -2.40. The van der Waals surface area contributed by atoms with Gasteiger partial charge in [0.2, 0.25) is 0 Å². The average Bonchev–Trinajstić information content (AvgIpc) is 2.42. The molecule has 3 nitrogen and oxygen atoms in total. The van der Waals surface area contributed by atoms with Gasteiger partial charge < -0.3 is 10.6 Å². The van der Waals surface area contributed by atoms with Crippen LogP contribution < -0.4 is 5.73 Å². The minimum atomic E-state index is 0.459. The van der Waals surface area contributed by atoms with Crippen LogP contribution in [0.2, 0.25) is 0 Å². The van der Waals surface area contributed by atoms with E-state index in [2.05, 4.69) is 54.1 Å². The van der Waals surface area contributed by atoms with Gasteiger partial charge in [-0.15, -0.1) is 0 Å².